The number of hydrogen-bond donors (Lipinski definition) is 1. The van der Waals surface area contributed by atoms with Gasteiger partial charge in [0, 0.05) is 21.8 Å². The summed E-state index contributed by atoms with van der Waals surface area (Å²) in [6.07, 6.45) is 1.80. The van der Waals surface area contributed by atoms with Crippen LogP contribution in [-0.4, -0.2) is 12.5 Å². The summed E-state index contributed by atoms with van der Waals surface area (Å²) in [5, 5.41) is 11.9. The molecular formula is C17H11ClN2O2. The standard InChI is InChI=1S/C17H11ClN2O2/c18-12-3-6-16-14(10-12)15(17(21)20-16)9-11-1-4-13(5-2-11)22-8-7-19/h1-6,9-10H,8H2,(H,20,21)/b15-9-. The van der Waals surface area contributed by atoms with Crippen molar-refractivity contribution in [3.8, 4) is 11.8 Å². The monoisotopic (exact) mass is 310 g/mol. The minimum atomic E-state index is -0.151. The average molecular weight is 311 g/mol. The van der Waals surface area contributed by atoms with E-state index in [0.717, 1.165) is 16.8 Å². The van der Waals surface area contributed by atoms with Gasteiger partial charge in [0.25, 0.3) is 5.91 Å². The Labute approximate surface area is 132 Å². The van der Waals surface area contributed by atoms with Gasteiger partial charge in [-0.25, -0.2) is 0 Å². The maximum atomic E-state index is 12.1. The summed E-state index contributed by atoms with van der Waals surface area (Å²) in [5.74, 6) is 0.463. The van der Waals surface area contributed by atoms with Crippen molar-refractivity contribution in [2.45, 2.75) is 0 Å². The van der Waals surface area contributed by atoms with Gasteiger partial charge in [-0.05, 0) is 42.0 Å². The van der Waals surface area contributed by atoms with E-state index < -0.39 is 0 Å². The highest BCUT2D eigenvalue weighted by molar-refractivity contribution is 6.36. The van der Waals surface area contributed by atoms with Crippen LogP contribution in [-0.2, 0) is 4.79 Å². The number of halogens is 1. The zero-order chi connectivity index (χ0) is 15.5. The highest BCUT2D eigenvalue weighted by Gasteiger charge is 2.24. The van der Waals surface area contributed by atoms with E-state index in [1.54, 1.807) is 36.4 Å². The fourth-order valence-corrected chi connectivity index (χ4v) is 2.42. The molecule has 1 amide bonds. The fourth-order valence-electron chi connectivity index (χ4n) is 2.25. The quantitative estimate of drug-likeness (QED) is 0.879. The molecule has 1 N–H and O–H groups in total. The predicted molar refractivity (Wildman–Crippen MR) is 85.5 cm³/mol. The van der Waals surface area contributed by atoms with Crippen LogP contribution >= 0.6 is 11.6 Å². The van der Waals surface area contributed by atoms with Gasteiger partial charge in [0.2, 0.25) is 0 Å². The minimum absolute atomic E-state index is 0.00865. The van der Waals surface area contributed by atoms with Gasteiger partial charge < -0.3 is 10.1 Å². The molecule has 0 saturated carbocycles. The lowest BCUT2D eigenvalue weighted by atomic mass is 10.0. The first-order valence-corrected chi connectivity index (χ1v) is 6.98. The molecular weight excluding hydrogens is 300 g/mol. The fraction of sp³-hybridized carbons (Fsp3) is 0.0588. The molecule has 3 rings (SSSR count). The third-order valence-electron chi connectivity index (χ3n) is 3.26. The first-order valence-electron chi connectivity index (χ1n) is 6.60. The highest BCUT2D eigenvalue weighted by Crippen LogP contribution is 2.35. The summed E-state index contributed by atoms with van der Waals surface area (Å²) in [4.78, 5) is 12.1. The smallest absolute Gasteiger partial charge is 0.256 e. The van der Waals surface area contributed by atoms with E-state index in [0.29, 0.717) is 16.3 Å². The molecule has 2 aromatic carbocycles. The number of anilines is 1. The number of nitrogens with one attached hydrogen (secondary N) is 1. The molecule has 22 heavy (non-hydrogen) atoms. The van der Waals surface area contributed by atoms with Gasteiger partial charge in [-0.3, -0.25) is 4.79 Å². The molecule has 1 aliphatic heterocycles. The summed E-state index contributed by atoms with van der Waals surface area (Å²) in [6.45, 7) is 0.00865. The first-order chi connectivity index (χ1) is 10.7. The Bertz CT molecular complexity index is 804. The molecule has 2 aromatic rings. The van der Waals surface area contributed by atoms with Crippen LogP contribution < -0.4 is 10.1 Å². The molecule has 0 spiro atoms. The molecule has 1 aliphatic rings. The number of amides is 1. The Morgan fingerprint density at radius 2 is 2.00 bits per heavy atom. The Balaban J connectivity index is 1.91. The third-order valence-corrected chi connectivity index (χ3v) is 3.49. The van der Waals surface area contributed by atoms with Crippen molar-refractivity contribution in [3.63, 3.8) is 0 Å². The van der Waals surface area contributed by atoms with Crippen molar-refractivity contribution in [1.82, 2.24) is 0 Å². The minimum Gasteiger partial charge on any atom is -0.479 e. The van der Waals surface area contributed by atoms with E-state index in [4.69, 9.17) is 21.6 Å². The van der Waals surface area contributed by atoms with E-state index in [1.807, 2.05) is 18.2 Å². The normalized spacial score (nSPS) is 14.4. The lowest BCUT2D eigenvalue weighted by molar-refractivity contribution is -0.110. The summed E-state index contributed by atoms with van der Waals surface area (Å²) in [5.41, 5.74) is 2.99. The van der Waals surface area contributed by atoms with Crippen molar-refractivity contribution in [2.75, 3.05) is 11.9 Å². The van der Waals surface area contributed by atoms with E-state index >= 15 is 0 Å². The number of ether oxygens (including phenoxy) is 1. The maximum Gasteiger partial charge on any atom is 0.256 e. The molecule has 0 saturated heterocycles. The third kappa shape index (κ3) is 2.80. The molecule has 0 atom stereocenters. The van der Waals surface area contributed by atoms with Crippen LogP contribution in [0.2, 0.25) is 5.02 Å². The second kappa shape index (κ2) is 5.92. The van der Waals surface area contributed by atoms with Gasteiger partial charge >= 0.3 is 0 Å². The SMILES string of the molecule is N#CCOc1ccc(/C=C2\C(=O)Nc3ccc(Cl)cc32)cc1. The maximum absolute atomic E-state index is 12.1. The van der Waals surface area contributed by atoms with Gasteiger partial charge in [0.1, 0.15) is 11.8 Å². The van der Waals surface area contributed by atoms with Gasteiger partial charge in [0.15, 0.2) is 6.61 Å². The average Bonchev–Trinajstić information content (AvgIpc) is 2.82. The molecule has 1 heterocycles. The molecule has 4 nitrogen and oxygen atoms in total. The van der Waals surface area contributed by atoms with Crippen molar-refractivity contribution < 1.29 is 9.53 Å². The number of nitriles is 1. The topological polar surface area (TPSA) is 62.1 Å². The molecule has 0 radical (unpaired) electrons. The van der Waals surface area contributed by atoms with Crippen molar-refractivity contribution in [2.24, 2.45) is 0 Å². The van der Waals surface area contributed by atoms with Crippen LogP contribution in [0.1, 0.15) is 11.1 Å². The van der Waals surface area contributed by atoms with Gasteiger partial charge in [-0.2, -0.15) is 5.26 Å². The number of nitrogens with zero attached hydrogens (tertiary/aromatic N) is 1. The van der Waals surface area contributed by atoms with Crippen molar-refractivity contribution >= 4 is 34.8 Å². The molecule has 0 bridgehead atoms. The second-order valence-corrected chi connectivity index (χ2v) is 5.15. The zero-order valence-corrected chi connectivity index (χ0v) is 12.2. The van der Waals surface area contributed by atoms with Crippen molar-refractivity contribution in [3.05, 3.63) is 58.6 Å². The first kappa shape index (κ1) is 14.2. The number of fused-ring (bicyclic) bond motifs is 1. The predicted octanol–water partition coefficient (Wildman–Crippen LogP) is 3.74. The number of carbonyl (C=O) groups excluding carboxylic acids is 1. The van der Waals surface area contributed by atoms with E-state index in [-0.39, 0.29) is 12.5 Å². The van der Waals surface area contributed by atoms with Gasteiger partial charge in [-0.1, -0.05) is 23.7 Å². The molecule has 5 heteroatoms. The lowest BCUT2D eigenvalue weighted by Crippen LogP contribution is -2.03. The number of benzene rings is 2. The molecule has 0 unspecified atom stereocenters. The van der Waals surface area contributed by atoms with E-state index in [2.05, 4.69) is 5.32 Å². The number of rotatable bonds is 3. The Hall–Kier alpha value is -2.77. The summed E-state index contributed by atoms with van der Waals surface area (Å²) in [7, 11) is 0. The van der Waals surface area contributed by atoms with Crippen LogP contribution in [0, 0.1) is 11.3 Å². The highest BCUT2D eigenvalue weighted by atomic mass is 35.5. The summed E-state index contributed by atoms with van der Waals surface area (Å²) >= 11 is 6.00. The molecule has 0 fully saturated rings. The van der Waals surface area contributed by atoms with Crippen LogP contribution in [0.15, 0.2) is 42.5 Å². The Kier molecular flexibility index (Phi) is 3.82. The van der Waals surface area contributed by atoms with Gasteiger partial charge in [-0.15, -0.1) is 0 Å². The van der Waals surface area contributed by atoms with Crippen molar-refractivity contribution in [1.29, 1.82) is 5.26 Å². The lowest BCUT2D eigenvalue weighted by Gasteiger charge is -2.02. The van der Waals surface area contributed by atoms with E-state index in [1.165, 1.54) is 0 Å². The summed E-state index contributed by atoms with van der Waals surface area (Å²) < 4.78 is 5.19. The van der Waals surface area contributed by atoms with Crippen LogP contribution in [0.25, 0.3) is 11.6 Å². The Morgan fingerprint density at radius 1 is 1.23 bits per heavy atom. The number of hydrogen-bond acceptors (Lipinski definition) is 3. The number of carbonyl (C=O) groups is 1. The Morgan fingerprint density at radius 3 is 2.73 bits per heavy atom. The van der Waals surface area contributed by atoms with Gasteiger partial charge in [0.05, 0.1) is 0 Å². The van der Waals surface area contributed by atoms with Crippen LogP contribution in [0.3, 0.4) is 0 Å². The second-order valence-electron chi connectivity index (χ2n) is 4.72. The van der Waals surface area contributed by atoms with E-state index in [9.17, 15) is 4.79 Å². The zero-order valence-electron chi connectivity index (χ0n) is 11.5. The van der Waals surface area contributed by atoms with Crippen LogP contribution in [0.5, 0.6) is 5.75 Å². The van der Waals surface area contributed by atoms with Crippen LogP contribution in [0.4, 0.5) is 5.69 Å². The molecule has 0 aliphatic carbocycles. The molecule has 0 aromatic heterocycles. The molecule has 108 valence electrons. The summed E-state index contributed by atoms with van der Waals surface area (Å²) in [6, 6.07) is 14.4. The largest absolute Gasteiger partial charge is 0.479 e.